The third kappa shape index (κ3) is 4.60. The van der Waals surface area contributed by atoms with Crippen LogP contribution in [0.4, 0.5) is 13.6 Å². The molecule has 0 N–H and O–H groups in total. The molecule has 4 rings (SSSR count). The van der Waals surface area contributed by atoms with Crippen LogP contribution in [0.3, 0.4) is 0 Å². The zero-order valence-corrected chi connectivity index (χ0v) is 19.8. The SMILES string of the molecule is CCN(CC)C(=O)Oc1ccc2c(ccn2Cc2ccc(C)c(F)c2F)c1-c1ccc(C#N)cc1. The van der Waals surface area contributed by atoms with E-state index in [2.05, 4.69) is 6.07 Å². The van der Waals surface area contributed by atoms with Gasteiger partial charge in [-0.1, -0.05) is 24.3 Å². The van der Waals surface area contributed by atoms with Crippen LogP contribution in [0.2, 0.25) is 0 Å². The molecule has 35 heavy (non-hydrogen) atoms. The van der Waals surface area contributed by atoms with Gasteiger partial charge < -0.3 is 14.2 Å². The highest BCUT2D eigenvalue weighted by atomic mass is 19.2. The zero-order valence-electron chi connectivity index (χ0n) is 19.8. The van der Waals surface area contributed by atoms with Crippen molar-refractivity contribution < 1.29 is 18.3 Å². The third-order valence-corrected chi connectivity index (χ3v) is 6.13. The Kier molecular flexibility index (Phi) is 6.83. The predicted octanol–water partition coefficient (Wildman–Crippen LogP) is 6.66. The molecule has 178 valence electrons. The fourth-order valence-electron chi connectivity index (χ4n) is 4.12. The molecular formula is C28H25F2N3O2. The van der Waals surface area contributed by atoms with E-state index in [0.29, 0.717) is 30.0 Å². The van der Waals surface area contributed by atoms with Gasteiger partial charge in [0.2, 0.25) is 0 Å². The molecular weight excluding hydrogens is 448 g/mol. The van der Waals surface area contributed by atoms with Gasteiger partial charge in [-0.05, 0) is 62.2 Å². The number of nitrogens with zero attached hydrogens (tertiary/aromatic N) is 3. The lowest BCUT2D eigenvalue weighted by molar-refractivity contribution is 0.157. The summed E-state index contributed by atoms with van der Waals surface area (Å²) in [5.41, 5.74) is 3.22. The Bertz CT molecular complexity index is 1430. The molecule has 0 fully saturated rings. The van der Waals surface area contributed by atoms with E-state index in [1.165, 1.54) is 6.92 Å². The predicted molar refractivity (Wildman–Crippen MR) is 131 cm³/mol. The Morgan fingerprint density at radius 1 is 1.00 bits per heavy atom. The normalized spacial score (nSPS) is 10.9. The Labute approximate surface area is 202 Å². The van der Waals surface area contributed by atoms with Crippen LogP contribution in [0.15, 0.2) is 60.8 Å². The number of hydrogen-bond donors (Lipinski definition) is 0. The second-order valence-corrected chi connectivity index (χ2v) is 8.21. The topological polar surface area (TPSA) is 58.3 Å². The van der Waals surface area contributed by atoms with Crippen molar-refractivity contribution >= 4 is 17.0 Å². The quantitative estimate of drug-likeness (QED) is 0.315. The number of hydrogen-bond acceptors (Lipinski definition) is 3. The fraction of sp³-hybridized carbons (Fsp3) is 0.214. The third-order valence-electron chi connectivity index (χ3n) is 6.13. The van der Waals surface area contributed by atoms with Gasteiger partial charge in [-0.3, -0.25) is 0 Å². The minimum atomic E-state index is -0.857. The maximum atomic E-state index is 14.5. The minimum Gasteiger partial charge on any atom is -0.410 e. The summed E-state index contributed by atoms with van der Waals surface area (Å²) in [6.45, 7) is 6.44. The summed E-state index contributed by atoms with van der Waals surface area (Å²) in [4.78, 5) is 14.3. The van der Waals surface area contributed by atoms with E-state index in [0.717, 1.165) is 16.5 Å². The standard InChI is InChI=1S/C28H25F2N3O2/c1-4-32(5-2)28(34)35-24-13-12-23-22(25(24)20-10-7-19(16-31)8-11-20)14-15-33(23)17-21-9-6-18(3)26(29)27(21)30/h6-15H,4-5,17H2,1-3H3. The van der Waals surface area contributed by atoms with Crippen LogP contribution in [0.5, 0.6) is 5.75 Å². The molecule has 0 bridgehead atoms. The summed E-state index contributed by atoms with van der Waals surface area (Å²) in [5, 5.41) is 9.96. The van der Waals surface area contributed by atoms with Crippen molar-refractivity contribution in [2.24, 2.45) is 0 Å². The number of nitriles is 1. The zero-order chi connectivity index (χ0) is 25.1. The van der Waals surface area contributed by atoms with Crippen LogP contribution in [-0.4, -0.2) is 28.6 Å². The molecule has 0 atom stereocenters. The van der Waals surface area contributed by atoms with E-state index in [1.54, 1.807) is 59.6 Å². The van der Waals surface area contributed by atoms with E-state index >= 15 is 0 Å². The number of benzene rings is 3. The van der Waals surface area contributed by atoms with Gasteiger partial charge >= 0.3 is 6.09 Å². The van der Waals surface area contributed by atoms with Gasteiger partial charge in [0.25, 0.3) is 0 Å². The summed E-state index contributed by atoms with van der Waals surface area (Å²) in [6, 6.07) is 17.6. The first-order valence-corrected chi connectivity index (χ1v) is 11.4. The van der Waals surface area contributed by atoms with Crippen molar-refractivity contribution in [2.75, 3.05) is 13.1 Å². The number of carbonyl (C=O) groups is 1. The van der Waals surface area contributed by atoms with E-state index in [-0.39, 0.29) is 17.7 Å². The van der Waals surface area contributed by atoms with Crippen LogP contribution in [-0.2, 0) is 6.54 Å². The lowest BCUT2D eigenvalue weighted by atomic mass is 9.99. The average molecular weight is 474 g/mol. The largest absolute Gasteiger partial charge is 0.415 e. The minimum absolute atomic E-state index is 0.137. The van der Waals surface area contributed by atoms with E-state index in [9.17, 15) is 18.8 Å². The molecule has 0 saturated heterocycles. The van der Waals surface area contributed by atoms with Crippen molar-refractivity contribution in [2.45, 2.75) is 27.3 Å². The number of aryl methyl sites for hydroxylation is 1. The second-order valence-electron chi connectivity index (χ2n) is 8.21. The molecule has 1 amide bonds. The smallest absolute Gasteiger partial charge is 0.410 e. The number of fused-ring (bicyclic) bond motifs is 1. The summed E-state index contributed by atoms with van der Waals surface area (Å²) >= 11 is 0. The molecule has 7 heteroatoms. The maximum Gasteiger partial charge on any atom is 0.415 e. The Hall–Kier alpha value is -4.18. The van der Waals surface area contributed by atoms with Crippen LogP contribution >= 0.6 is 0 Å². The number of halogens is 2. The molecule has 0 aliphatic heterocycles. The molecule has 0 aliphatic rings. The van der Waals surface area contributed by atoms with Gasteiger partial charge in [0.05, 0.1) is 18.2 Å². The van der Waals surface area contributed by atoms with Crippen molar-refractivity contribution in [1.82, 2.24) is 9.47 Å². The molecule has 0 radical (unpaired) electrons. The maximum absolute atomic E-state index is 14.5. The van der Waals surface area contributed by atoms with Crippen LogP contribution in [0.1, 0.15) is 30.5 Å². The molecule has 1 heterocycles. The van der Waals surface area contributed by atoms with Crippen LogP contribution < -0.4 is 4.74 Å². The molecule has 0 saturated carbocycles. The number of ether oxygens (including phenoxy) is 1. The molecule has 4 aromatic rings. The highest BCUT2D eigenvalue weighted by molar-refractivity contribution is 5.99. The Balaban J connectivity index is 1.83. The Morgan fingerprint density at radius 2 is 1.71 bits per heavy atom. The molecule has 0 unspecified atom stereocenters. The first-order chi connectivity index (χ1) is 16.9. The van der Waals surface area contributed by atoms with Crippen molar-refractivity contribution in [3.63, 3.8) is 0 Å². The van der Waals surface area contributed by atoms with Gasteiger partial charge in [0.15, 0.2) is 11.6 Å². The van der Waals surface area contributed by atoms with Crippen LogP contribution in [0.25, 0.3) is 22.0 Å². The Morgan fingerprint density at radius 3 is 2.37 bits per heavy atom. The van der Waals surface area contributed by atoms with E-state index in [1.807, 2.05) is 24.5 Å². The second kappa shape index (κ2) is 9.98. The molecule has 5 nitrogen and oxygen atoms in total. The summed E-state index contributed by atoms with van der Waals surface area (Å²) in [6.07, 6.45) is 1.34. The summed E-state index contributed by atoms with van der Waals surface area (Å²) in [7, 11) is 0. The van der Waals surface area contributed by atoms with E-state index < -0.39 is 17.7 Å². The lowest BCUT2D eigenvalue weighted by Crippen LogP contribution is -2.33. The average Bonchev–Trinajstić information content (AvgIpc) is 3.27. The van der Waals surface area contributed by atoms with Crippen LogP contribution in [0, 0.1) is 29.9 Å². The summed E-state index contributed by atoms with van der Waals surface area (Å²) in [5.74, 6) is -1.32. The highest BCUT2D eigenvalue weighted by Gasteiger charge is 2.20. The van der Waals surface area contributed by atoms with Gasteiger partial charge in [-0.15, -0.1) is 0 Å². The molecule has 3 aromatic carbocycles. The van der Waals surface area contributed by atoms with E-state index in [4.69, 9.17) is 4.74 Å². The van der Waals surface area contributed by atoms with Gasteiger partial charge in [-0.2, -0.15) is 5.26 Å². The molecule has 1 aromatic heterocycles. The summed E-state index contributed by atoms with van der Waals surface area (Å²) < 4.78 is 36.3. The number of aromatic nitrogens is 1. The molecule has 0 aliphatic carbocycles. The molecule has 0 spiro atoms. The van der Waals surface area contributed by atoms with Gasteiger partial charge in [-0.25, -0.2) is 13.6 Å². The van der Waals surface area contributed by atoms with Crippen molar-refractivity contribution in [1.29, 1.82) is 5.26 Å². The number of rotatable bonds is 6. The van der Waals surface area contributed by atoms with Crippen molar-refractivity contribution in [3.05, 3.63) is 89.1 Å². The van der Waals surface area contributed by atoms with Crippen molar-refractivity contribution in [3.8, 4) is 22.9 Å². The number of carbonyl (C=O) groups excluding carboxylic acids is 1. The fourth-order valence-corrected chi connectivity index (χ4v) is 4.12. The van der Waals surface area contributed by atoms with Gasteiger partial charge in [0, 0.05) is 41.3 Å². The van der Waals surface area contributed by atoms with Gasteiger partial charge in [0.1, 0.15) is 5.75 Å². The lowest BCUT2D eigenvalue weighted by Gasteiger charge is -2.20. The monoisotopic (exact) mass is 473 g/mol. The highest BCUT2D eigenvalue weighted by Crippen LogP contribution is 2.38. The first-order valence-electron chi connectivity index (χ1n) is 11.4. The first kappa shape index (κ1) is 24.0. The number of amides is 1.